The molecule has 0 amide bonds. The first-order valence-electron chi connectivity index (χ1n) is 6.05. The molecule has 4 heteroatoms. The van der Waals surface area contributed by atoms with Gasteiger partial charge in [-0.25, -0.2) is 9.97 Å². The fourth-order valence-corrected chi connectivity index (χ4v) is 1.84. The Bertz CT molecular complexity index is 564. The summed E-state index contributed by atoms with van der Waals surface area (Å²) in [6.07, 6.45) is 2.29. The molecule has 0 saturated carbocycles. The van der Waals surface area contributed by atoms with Gasteiger partial charge in [0.25, 0.3) is 0 Å². The Balaban J connectivity index is 2.34. The van der Waals surface area contributed by atoms with Gasteiger partial charge >= 0.3 is 0 Å². The Morgan fingerprint density at radius 1 is 1.17 bits per heavy atom. The Kier molecular flexibility index (Phi) is 3.46. The van der Waals surface area contributed by atoms with Crippen molar-refractivity contribution in [3.05, 3.63) is 41.2 Å². The molecule has 2 aromatic rings. The molecule has 0 atom stereocenters. The fourth-order valence-electron chi connectivity index (χ4n) is 1.84. The first-order valence-corrected chi connectivity index (χ1v) is 6.05. The van der Waals surface area contributed by atoms with Crippen molar-refractivity contribution in [2.24, 2.45) is 0 Å². The van der Waals surface area contributed by atoms with Crippen LogP contribution in [0.5, 0.6) is 0 Å². The van der Waals surface area contributed by atoms with Crippen molar-refractivity contribution in [2.75, 3.05) is 11.1 Å². The Hall–Kier alpha value is -2.10. The van der Waals surface area contributed by atoms with Crippen molar-refractivity contribution in [2.45, 2.75) is 27.2 Å². The number of aryl methyl sites for hydroxylation is 2. The van der Waals surface area contributed by atoms with Crippen LogP contribution in [-0.4, -0.2) is 9.97 Å². The highest BCUT2D eigenvalue weighted by atomic mass is 15.0. The van der Waals surface area contributed by atoms with Crippen molar-refractivity contribution >= 4 is 17.3 Å². The van der Waals surface area contributed by atoms with Crippen molar-refractivity contribution in [3.63, 3.8) is 0 Å². The number of nitrogen functional groups attached to an aromatic ring is 1. The van der Waals surface area contributed by atoms with Gasteiger partial charge in [-0.15, -0.1) is 0 Å². The van der Waals surface area contributed by atoms with Crippen LogP contribution in [0, 0.1) is 13.8 Å². The highest BCUT2D eigenvalue weighted by Crippen LogP contribution is 2.23. The number of rotatable bonds is 3. The van der Waals surface area contributed by atoms with E-state index in [1.54, 1.807) is 0 Å². The van der Waals surface area contributed by atoms with Crippen LogP contribution in [-0.2, 0) is 6.42 Å². The average Bonchev–Trinajstić information content (AvgIpc) is 2.34. The van der Waals surface area contributed by atoms with Gasteiger partial charge in [0.05, 0.1) is 0 Å². The summed E-state index contributed by atoms with van der Waals surface area (Å²) in [6, 6.07) is 6.24. The van der Waals surface area contributed by atoms with E-state index in [0.29, 0.717) is 5.82 Å². The van der Waals surface area contributed by atoms with Gasteiger partial charge in [-0.2, -0.15) is 0 Å². The molecule has 94 valence electrons. The van der Waals surface area contributed by atoms with Crippen LogP contribution < -0.4 is 11.1 Å². The van der Waals surface area contributed by atoms with Crippen LogP contribution in [0.25, 0.3) is 0 Å². The molecule has 0 aliphatic rings. The summed E-state index contributed by atoms with van der Waals surface area (Å²) in [5.41, 5.74) is 10.3. The minimum Gasteiger partial charge on any atom is -0.383 e. The Morgan fingerprint density at radius 2 is 1.94 bits per heavy atom. The highest BCUT2D eigenvalue weighted by Gasteiger charge is 2.07. The zero-order valence-corrected chi connectivity index (χ0v) is 11.0. The van der Waals surface area contributed by atoms with E-state index < -0.39 is 0 Å². The number of benzene rings is 1. The van der Waals surface area contributed by atoms with Crippen molar-refractivity contribution in [1.82, 2.24) is 9.97 Å². The van der Waals surface area contributed by atoms with Gasteiger partial charge in [0.2, 0.25) is 0 Å². The SMILES string of the molecule is CCc1c(N)ncnc1Nc1ccc(C)c(C)c1. The second kappa shape index (κ2) is 5.04. The molecular weight excluding hydrogens is 224 g/mol. The number of nitrogens with two attached hydrogens (primary N) is 1. The molecule has 18 heavy (non-hydrogen) atoms. The van der Waals surface area contributed by atoms with Gasteiger partial charge in [0.1, 0.15) is 18.0 Å². The lowest BCUT2D eigenvalue weighted by molar-refractivity contribution is 1.06. The van der Waals surface area contributed by atoms with Gasteiger partial charge in [0, 0.05) is 11.3 Å². The summed E-state index contributed by atoms with van der Waals surface area (Å²) in [6.45, 7) is 6.23. The molecule has 1 aromatic heterocycles. The first-order chi connectivity index (χ1) is 8.61. The minimum atomic E-state index is 0.541. The molecule has 0 radical (unpaired) electrons. The summed E-state index contributed by atoms with van der Waals surface area (Å²) in [5.74, 6) is 1.33. The molecule has 4 nitrogen and oxygen atoms in total. The van der Waals surface area contributed by atoms with Crippen LogP contribution in [0.1, 0.15) is 23.6 Å². The number of nitrogens with zero attached hydrogens (tertiary/aromatic N) is 2. The molecule has 0 aliphatic carbocycles. The smallest absolute Gasteiger partial charge is 0.139 e. The summed E-state index contributed by atoms with van der Waals surface area (Å²) >= 11 is 0. The Labute approximate surface area is 107 Å². The summed E-state index contributed by atoms with van der Waals surface area (Å²) < 4.78 is 0. The molecule has 1 heterocycles. The summed E-state index contributed by atoms with van der Waals surface area (Å²) in [7, 11) is 0. The third-order valence-electron chi connectivity index (χ3n) is 3.10. The van der Waals surface area contributed by atoms with Gasteiger partial charge in [-0.05, 0) is 43.5 Å². The van der Waals surface area contributed by atoms with E-state index in [2.05, 4.69) is 41.3 Å². The van der Waals surface area contributed by atoms with E-state index in [9.17, 15) is 0 Å². The summed E-state index contributed by atoms with van der Waals surface area (Å²) in [5, 5.41) is 3.30. The number of hydrogen-bond donors (Lipinski definition) is 2. The maximum absolute atomic E-state index is 5.85. The lowest BCUT2D eigenvalue weighted by atomic mass is 10.1. The predicted molar refractivity (Wildman–Crippen MR) is 75.0 cm³/mol. The molecule has 0 fully saturated rings. The second-order valence-corrected chi connectivity index (χ2v) is 4.36. The number of nitrogens with one attached hydrogen (secondary N) is 1. The van der Waals surface area contributed by atoms with Crippen LogP contribution in [0.15, 0.2) is 24.5 Å². The second-order valence-electron chi connectivity index (χ2n) is 4.36. The highest BCUT2D eigenvalue weighted by molar-refractivity contribution is 5.64. The minimum absolute atomic E-state index is 0.541. The maximum atomic E-state index is 5.85. The van der Waals surface area contributed by atoms with Crippen LogP contribution in [0.2, 0.25) is 0 Å². The Morgan fingerprint density at radius 3 is 2.61 bits per heavy atom. The fraction of sp³-hybridized carbons (Fsp3) is 0.286. The first kappa shape index (κ1) is 12.4. The van der Waals surface area contributed by atoms with Crippen molar-refractivity contribution < 1.29 is 0 Å². The van der Waals surface area contributed by atoms with Gasteiger partial charge in [0.15, 0.2) is 0 Å². The molecule has 0 spiro atoms. The average molecular weight is 242 g/mol. The quantitative estimate of drug-likeness (QED) is 0.868. The third kappa shape index (κ3) is 2.42. The molecule has 2 rings (SSSR count). The van der Waals surface area contributed by atoms with Gasteiger partial charge in [-0.3, -0.25) is 0 Å². The van der Waals surface area contributed by atoms with E-state index in [0.717, 1.165) is 23.5 Å². The lowest BCUT2D eigenvalue weighted by Crippen LogP contribution is -2.04. The molecule has 0 aliphatic heterocycles. The van der Waals surface area contributed by atoms with Crippen LogP contribution >= 0.6 is 0 Å². The normalized spacial score (nSPS) is 10.4. The monoisotopic (exact) mass is 242 g/mol. The van der Waals surface area contributed by atoms with E-state index in [4.69, 9.17) is 5.73 Å². The zero-order valence-electron chi connectivity index (χ0n) is 11.0. The standard InChI is InChI=1S/C14H18N4/c1-4-12-13(15)16-8-17-14(12)18-11-6-5-9(2)10(3)7-11/h5-8H,4H2,1-3H3,(H3,15,16,17,18). The van der Waals surface area contributed by atoms with E-state index in [-0.39, 0.29) is 0 Å². The topological polar surface area (TPSA) is 63.8 Å². The van der Waals surface area contributed by atoms with E-state index in [1.807, 2.05) is 13.0 Å². The maximum Gasteiger partial charge on any atom is 0.139 e. The molecule has 0 unspecified atom stereocenters. The van der Waals surface area contributed by atoms with E-state index >= 15 is 0 Å². The van der Waals surface area contributed by atoms with Crippen molar-refractivity contribution in [3.8, 4) is 0 Å². The van der Waals surface area contributed by atoms with Gasteiger partial charge < -0.3 is 11.1 Å². The van der Waals surface area contributed by atoms with Crippen molar-refractivity contribution in [1.29, 1.82) is 0 Å². The zero-order chi connectivity index (χ0) is 13.1. The molecule has 0 bridgehead atoms. The van der Waals surface area contributed by atoms with Crippen LogP contribution in [0.3, 0.4) is 0 Å². The number of aromatic nitrogens is 2. The molecule has 3 N–H and O–H groups in total. The van der Waals surface area contributed by atoms with E-state index in [1.165, 1.54) is 17.5 Å². The lowest BCUT2D eigenvalue weighted by Gasteiger charge is -2.12. The molecule has 1 aromatic carbocycles. The molecule has 0 saturated heterocycles. The van der Waals surface area contributed by atoms with Crippen LogP contribution in [0.4, 0.5) is 17.3 Å². The summed E-state index contributed by atoms with van der Waals surface area (Å²) in [4.78, 5) is 8.27. The molecular formula is C14H18N4. The van der Waals surface area contributed by atoms with Gasteiger partial charge in [-0.1, -0.05) is 13.0 Å². The number of hydrogen-bond acceptors (Lipinski definition) is 4. The predicted octanol–water partition coefficient (Wildman–Crippen LogP) is 2.98. The largest absolute Gasteiger partial charge is 0.383 e. The third-order valence-corrected chi connectivity index (χ3v) is 3.10. The number of anilines is 3.